The van der Waals surface area contributed by atoms with E-state index in [0.717, 1.165) is 25.8 Å². The Labute approximate surface area is 98.0 Å². The third kappa shape index (κ3) is 3.46. The van der Waals surface area contributed by atoms with Crippen molar-refractivity contribution in [2.75, 3.05) is 13.1 Å². The number of hydrogen-bond acceptors (Lipinski definition) is 3. The average Bonchev–Trinajstić information content (AvgIpc) is 2.71. The van der Waals surface area contributed by atoms with Crippen molar-refractivity contribution in [2.24, 2.45) is 0 Å². The maximum Gasteiger partial charge on any atom is 0.237 e. The van der Waals surface area contributed by atoms with Gasteiger partial charge in [-0.15, -0.1) is 0 Å². The topological polar surface area (TPSA) is 52.6 Å². The highest BCUT2D eigenvalue weighted by atomic mass is 16.3. The van der Waals surface area contributed by atoms with E-state index in [9.17, 15) is 9.90 Å². The van der Waals surface area contributed by atoms with Crippen molar-refractivity contribution in [1.29, 1.82) is 0 Å². The van der Waals surface area contributed by atoms with Gasteiger partial charge in [0.25, 0.3) is 0 Å². The Morgan fingerprint density at radius 3 is 2.56 bits per heavy atom. The van der Waals surface area contributed by atoms with E-state index in [4.69, 9.17) is 0 Å². The van der Waals surface area contributed by atoms with E-state index < -0.39 is 0 Å². The molecule has 0 bridgehead atoms. The zero-order valence-corrected chi connectivity index (χ0v) is 10.6. The Morgan fingerprint density at radius 1 is 1.50 bits per heavy atom. The van der Waals surface area contributed by atoms with Gasteiger partial charge in [-0.25, -0.2) is 0 Å². The molecule has 1 fully saturated rings. The molecule has 0 aromatic rings. The number of likely N-dealkylation sites (tertiary alicyclic amines) is 1. The lowest BCUT2D eigenvalue weighted by Crippen LogP contribution is -2.47. The first-order chi connectivity index (χ1) is 7.58. The van der Waals surface area contributed by atoms with Crippen molar-refractivity contribution in [1.82, 2.24) is 10.2 Å². The maximum atomic E-state index is 11.9. The van der Waals surface area contributed by atoms with Crippen LogP contribution in [-0.4, -0.2) is 47.2 Å². The zero-order chi connectivity index (χ0) is 12.1. The Hall–Kier alpha value is -0.610. The van der Waals surface area contributed by atoms with Gasteiger partial charge in [-0.2, -0.15) is 0 Å². The second-order valence-corrected chi connectivity index (χ2v) is 4.64. The van der Waals surface area contributed by atoms with Gasteiger partial charge in [0.15, 0.2) is 0 Å². The summed E-state index contributed by atoms with van der Waals surface area (Å²) >= 11 is 0. The summed E-state index contributed by atoms with van der Waals surface area (Å²) < 4.78 is 0. The molecule has 4 heteroatoms. The molecule has 94 valence electrons. The number of nitrogens with zero attached hydrogens (tertiary/aromatic N) is 1. The summed E-state index contributed by atoms with van der Waals surface area (Å²) in [6.45, 7) is 7.52. The Balaban J connectivity index is 2.41. The van der Waals surface area contributed by atoms with Crippen LogP contribution < -0.4 is 5.32 Å². The molecule has 2 atom stereocenters. The van der Waals surface area contributed by atoms with Crippen LogP contribution in [0.25, 0.3) is 0 Å². The number of carbonyl (C=O) groups is 1. The lowest BCUT2D eigenvalue weighted by molar-refractivity contribution is -0.126. The minimum Gasteiger partial charge on any atom is -0.392 e. The number of aliphatic hydroxyl groups excluding tert-OH is 1. The van der Waals surface area contributed by atoms with Crippen LogP contribution in [0.5, 0.6) is 0 Å². The van der Waals surface area contributed by atoms with E-state index in [0.29, 0.717) is 6.54 Å². The fourth-order valence-electron chi connectivity index (χ4n) is 2.10. The third-order valence-electron chi connectivity index (χ3n) is 3.45. The van der Waals surface area contributed by atoms with Crippen molar-refractivity contribution in [3.63, 3.8) is 0 Å². The molecular weight excluding hydrogens is 204 g/mol. The third-order valence-corrected chi connectivity index (χ3v) is 3.45. The molecule has 0 radical (unpaired) electrons. The van der Waals surface area contributed by atoms with E-state index in [1.54, 1.807) is 0 Å². The average molecular weight is 228 g/mol. The summed E-state index contributed by atoms with van der Waals surface area (Å²) in [5, 5.41) is 12.5. The molecule has 1 rings (SSSR count). The summed E-state index contributed by atoms with van der Waals surface area (Å²) in [5.74, 6) is 0.0859. The van der Waals surface area contributed by atoms with Gasteiger partial charge in [-0.1, -0.05) is 13.8 Å². The summed E-state index contributed by atoms with van der Waals surface area (Å²) in [5.41, 5.74) is 0. The summed E-state index contributed by atoms with van der Waals surface area (Å²) in [6.07, 6.45) is 2.46. The Kier molecular flexibility index (Phi) is 5.22. The molecule has 1 heterocycles. The molecule has 0 spiro atoms. The summed E-state index contributed by atoms with van der Waals surface area (Å²) in [7, 11) is 0. The Morgan fingerprint density at radius 2 is 2.12 bits per heavy atom. The lowest BCUT2D eigenvalue weighted by atomic mass is 10.1. The van der Waals surface area contributed by atoms with Gasteiger partial charge in [0.2, 0.25) is 5.91 Å². The molecule has 0 saturated carbocycles. The van der Waals surface area contributed by atoms with Crippen LogP contribution in [-0.2, 0) is 4.79 Å². The minimum atomic E-state index is -0.261. The SMILES string of the molecule is CCC(CC)NC(=O)C(C)N1CC[C@H](O)C1. The van der Waals surface area contributed by atoms with Crippen LogP contribution in [0.15, 0.2) is 0 Å². The normalized spacial score (nSPS) is 23.7. The van der Waals surface area contributed by atoms with Crippen LogP contribution in [0.1, 0.15) is 40.0 Å². The smallest absolute Gasteiger partial charge is 0.237 e. The minimum absolute atomic E-state index is 0.0859. The highest BCUT2D eigenvalue weighted by Gasteiger charge is 2.28. The van der Waals surface area contributed by atoms with Crippen molar-refractivity contribution < 1.29 is 9.90 Å². The molecule has 1 amide bonds. The molecule has 0 aliphatic carbocycles. The van der Waals surface area contributed by atoms with Crippen LogP contribution in [0.2, 0.25) is 0 Å². The van der Waals surface area contributed by atoms with E-state index >= 15 is 0 Å². The van der Waals surface area contributed by atoms with Gasteiger partial charge >= 0.3 is 0 Å². The molecule has 16 heavy (non-hydrogen) atoms. The molecule has 0 aromatic carbocycles. The molecule has 4 nitrogen and oxygen atoms in total. The first-order valence-electron chi connectivity index (χ1n) is 6.30. The quantitative estimate of drug-likeness (QED) is 0.730. The number of hydrogen-bond donors (Lipinski definition) is 2. The van der Waals surface area contributed by atoms with Gasteiger partial charge in [-0.05, 0) is 26.2 Å². The number of carbonyl (C=O) groups excluding carboxylic acids is 1. The van der Waals surface area contributed by atoms with Crippen LogP contribution in [0.3, 0.4) is 0 Å². The van der Waals surface area contributed by atoms with Crippen LogP contribution >= 0.6 is 0 Å². The van der Waals surface area contributed by atoms with E-state index in [2.05, 4.69) is 19.2 Å². The lowest BCUT2D eigenvalue weighted by Gasteiger charge is -2.25. The molecule has 1 saturated heterocycles. The van der Waals surface area contributed by atoms with Crippen LogP contribution in [0, 0.1) is 0 Å². The number of β-amino-alcohol motifs (C(OH)–C–C–N with tert-alkyl or cyclic N) is 1. The van der Waals surface area contributed by atoms with Gasteiger partial charge in [0.1, 0.15) is 0 Å². The standard InChI is InChI=1S/C12H24N2O2/c1-4-10(5-2)13-12(16)9(3)14-7-6-11(15)8-14/h9-11,15H,4-8H2,1-3H3,(H,13,16)/t9?,11-/m0/s1. The summed E-state index contributed by atoms with van der Waals surface area (Å²) in [6, 6.07) is 0.153. The number of aliphatic hydroxyl groups is 1. The molecule has 1 aliphatic rings. The zero-order valence-electron chi connectivity index (χ0n) is 10.6. The second-order valence-electron chi connectivity index (χ2n) is 4.64. The van der Waals surface area contributed by atoms with Gasteiger partial charge in [0.05, 0.1) is 12.1 Å². The first kappa shape index (κ1) is 13.5. The maximum absolute atomic E-state index is 11.9. The monoisotopic (exact) mass is 228 g/mol. The first-order valence-corrected chi connectivity index (χ1v) is 6.30. The summed E-state index contributed by atoms with van der Waals surface area (Å²) in [4.78, 5) is 14.0. The van der Waals surface area contributed by atoms with Crippen molar-refractivity contribution in [3.05, 3.63) is 0 Å². The van der Waals surface area contributed by atoms with Crippen LogP contribution in [0.4, 0.5) is 0 Å². The van der Waals surface area contributed by atoms with Crippen molar-refractivity contribution in [2.45, 2.75) is 58.2 Å². The highest BCUT2D eigenvalue weighted by Crippen LogP contribution is 2.12. The van der Waals surface area contributed by atoms with Crippen molar-refractivity contribution in [3.8, 4) is 0 Å². The second kappa shape index (κ2) is 6.21. The van der Waals surface area contributed by atoms with E-state index in [-0.39, 0.29) is 24.1 Å². The number of nitrogens with one attached hydrogen (secondary N) is 1. The fraction of sp³-hybridized carbons (Fsp3) is 0.917. The molecule has 1 aliphatic heterocycles. The highest BCUT2D eigenvalue weighted by molar-refractivity contribution is 5.81. The van der Waals surface area contributed by atoms with E-state index in [1.165, 1.54) is 0 Å². The Bertz CT molecular complexity index is 229. The molecular formula is C12H24N2O2. The van der Waals surface area contributed by atoms with Gasteiger partial charge in [-0.3, -0.25) is 9.69 Å². The predicted octanol–water partition coefficient (Wildman–Crippen LogP) is 0.746. The molecule has 1 unspecified atom stereocenters. The largest absolute Gasteiger partial charge is 0.392 e. The van der Waals surface area contributed by atoms with E-state index in [1.807, 2.05) is 11.8 Å². The molecule has 2 N–H and O–H groups in total. The predicted molar refractivity (Wildman–Crippen MR) is 64.2 cm³/mol. The number of rotatable bonds is 5. The van der Waals surface area contributed by atoms with Gasteiger partial charge < -0.3 is 10.4 Å². The van der Waals surface area contributed by atoms with Crippen molar-refractivity contribution >= 4 is 5.91 Å². The number of amides is 1. The molecule has 0 aromatic heterocycles. The fourth-order valence-corrected chi connectivity index (χ4v) is 2.10. The van der Waals surface area contributed by atoms with Gasteiger partial charge in [0, 0.05) is 19.1 Å².